The van der Waals surface area contributed by atoms with Gasteiger partial charge in [0.25, 0.3) is 0 Å². The van der Waals surface area contributed by atoms with Crippen molar-refractivity contribution in [2.24, 2.45) is 5.73 Å². The molecular formula is C12H19NO4. The van der Waals surface area contributed by atoms with Gasteiger partial charge in [-0.25, -0.2) is 0 Å². The van der Waals surface area contributed by atoms with Gasteiger partial charge in [-0.05, 0) is 6.42 Å². The zero-order chi connectivity index (χ0) is 13.0. The molecule has 0 amide bonds. The van der Waals surface area contributed by atoms with Gasteiger partial charge in [0.05, 0.1) is 31.9 Å². The second kappa shape index (κ2) is 5.75. The number of ether oxygens (including phenoxy) is 2. The second-order valence-corrected chi connectivity index (χ2v) is 3.76. The average Bonchev–Trinajstić information content (AvgIpc) is 2.35. The molecule has 1 aromatic rings. The number of benzene rings is 1. The van der Waals surface area contributed by atoms with Crippen LogP contribution in [0.2, 0.25) is 0 Å². The molecule has 0 aliphatic carbocycles. The summed E-state index contributed by atoms with van der Waals surface area (Å²) in [5, 5.41) is 19.6. The van der Waals surface area contributed by atoms with E-state index < -0.39 is 12.1 Å². The summed E-state index contributed by atoms with van der Waals surface area (Å²) in [6.45, 7) is 1.82. The predicted molar refractivity (Wildman–Crippen MR) is 64.4 cm³/mol. The molecule has 0 bridgehead atoms. The number of methoxy groups -OCH3 is 2. The standard InChI is InChI=1S/C12H19NO4/c1-4-8(14)12(13)11-9(15)5-7(16-2)6-10(11)17-3/h5-6,8,12,14-15H,4,13H2,1-3H3/t8-,12-/m1/s1. The lowest BCUT2D eigenvalue weighted by atomic mass is 9.98. The molecule has 0 saturated carbocycles. The summed E-state index contributed by atoms with van der Waals surface area (Å²) in [6.07, 6.45) is -0.237. The lowest BCUT2D eigenvalue weighted by molar-refractivity contribution is 0.138. The third-order valence-corrected chi connectivity index (χ3v) is 2.72. The molecule has 5 nitrogen and oxygen atoms in total. The maximum Gasteiger partial charge on any atom is 0.131 e. The normalized spacial score (nSPS) is 14.2. The third kappa shape index (κ3) is 2.81. The highest BCUT2D eigenvalue weighted by molar-refractivity contribution is 5.51. The van der Waals surface area contributed by atoms with Crippen LogP contribution in [0.3, 0.4) is 0 Å². The first-order valence-electron chi connectivity index (χ1n) is 5.43. The molecule has 0 heterocycles. The summed E-state index contributed by atoms with van der Waals surface area (Å²) < 4.78 is 10.2. The number of aliphatic hydroxyl groups is 1. The number of aliphatic hydroxyl groups excluding tert-OH is 1. The molecule has 0 aliphatic heterocycles. The highest BCUT2D eigenvalue weighted by atomic mass is 16.5. The van der Waals surface area contributed by atoms with Gasteiger partial charge in [-0.3, -0.25) is 0 Å². The van der Waals surface area contributed by atoms with Crippen LogP contribution in [0, 0.1) is 0 Å². The summed E-state index contributed by atoms with van der Waals surface area (Å²) in [7, 11) is 2.97. The first kappa shape index (κ1) is 13.6. The van der Waals surface area contributed by atoms with Crippen LogP contribution in [0.25, 0.3) is 0 Å². The Morgan fingerprint density at radius 2 is 1.94 bits per heavy atom. The van der Waals surface area contributed by atoms with E-state index in [2.05, 4.69) is 0 Å². The van der Waals surface area contributed by atoms with Crippen molar-refractivity contribution in [3.8, 4) is 17.2 Å². The van der Waals surface area contributed by atoms with Crippen molar-refractivity contribution in [2.75, 3.05) is 14.2 Å². The number of hydrogen-bond donors (Lipinski definition) is 3. The largest absolute Gasteiger partial charge is 0.507 e. The minimum absolute atomic E-state index is 0.0406. The van der Waals surface area contributed by atoms with Crippen molar-refractivity contribution in [2.45, 2.75) is 25.5 Å². The highest BCUT2D eigenvalue weighted by Crippen LogP contribution is 2.38. The van der Waals surface area contributed by atoms with Gasteiger partial charge >= 0.3 is 0 Å². The monoisotopic (exact) mass is 241 g/mol. The van der Waals surface area contributed by atoms with Crippen LogP contribution < -0.4 is 15.2 Å². The van der Waals surface area contributed by atoms with E-state index in [-0.39, 0.29) is 5.75 Å². The van der Waals surface area contributed by atoms with Gasteiger partial charge in [0.15, 0.2) is 0 Å². The number of nitrogens with two attached hydrogens (primary N) is 1. The Hall–Kier alpha value is -1.46. The van der Waals surface area contributed by atoms with Crippen molar-refractivity contribution in [1.82, 2.24) is 0 Å². The molecule has 0 radical (unpaired) electrons. The Morgan fingerprint density at radius 3 is 2.41 bits per heavy atom. The summed E-state index contributed by atoms with van der Waals surface area (Å²) in [5.74, 6) is 0.837. The first-order valence-corrected chi connectivity index (χ1v) is 5.43. The zero-order valence-corrected chi connectivity index (χ0v) is 10.3. The number of aromatic hydroxyl groups is 1. The van der Waals surface area contributed by atoms with Gasteiger partial charge in [-0.2, -0.15) is 0 Å². The van der Waals surface area contributed by atoms with Crippen molar-refractivity contribution in [3.05, 3.63) is 17.7 Å². The van der Waals surface area contributed by atoms with Gasteiger partial charge in [0.1, 0.15) is 17.2 Å². The van der Waals surface area contributed by atoms with Crippen molar-refractivity contribution in [3.63, 3.8) is 0 Å². The Kier molecular flexibility index (Phi) is 4.60. The van der Waals surface area contributed by atoms with E-state index in [9.17, 15) is 10.2 Å². The maximum atomic E-state index is 9.90. The number of phenolic OH excluding ortho intramolecular Hbond substituents is 1. The lowest BCUT2D eigenvalue weighted by Crippen LogP contribution is -2.26. The smallest absolute Gasteiger partial charge is 0.131 e. The molecule has 5 heteroatoms. The van der Waals surface area contributed by atoms with Crippen LogP contribution in [-0.2, 0) is 0 Å². The van der Waals surface area contributed by atoms with Gasteiger partial charge in [0, 0.05) is 12.1 Å². The fourth-order valence-corrected chi connectivity index (χ4v) is 1.66. The third-order valence-electron chi connectivity index (χ3n) is 2.72. The summed E-state index contributed by atoms with van der Waals surface area (Å²) >= 11 is 0. The fraction of sp³-hybridized carbons (Fsp3) is 0.500. The van der Waals surface area contributed by atoms with Crippen LogP contribution in [0.15, 0.2) is 12.1 Å². The van der Waals surface area contributed by atoms with Crippen molar-refractivity contribution < 1.29 is 19.7 Å². The number of hydrogen-bond acceptors (Lipinski definition) is 5. The molecule has 0 spiro atoms. The molecule has 0 saturated heterocycles. The zero-order valence-electron chi connectivity index (χ0n) is 10.3. The quantitative estimate of drug-likeness (QED) is 0.720. The van der Waals surface area contributed by atoms with E-state index in [1.807, 2.05) is 6.92 Å². The van der Waals surface area contributed by atoms with E-state index in [0.717, 1.165) is 0 Å². The molecule has 0 aromatic heterocycles. The van der Waals surface area contributed by atoms with Crippen LogP contribution in [-0.4, -0.2) is 30.5 Å². The van der Waals surface area contributed by atoms with Crippen LogP contribution in [0.5, 0.6) is 17.2 Å². The van der Waals surface area contributed by atoms with E-state index >= 15 is 0 Å². The highest BCUT2D eigenvalue weighted by Gasteiger charge is 2.23. The molecule has 0 unspecified atom stereocenters. The van der Waals surface area contributed by atoms with Gasteiger partial charge in [-0.15, -0.1) is 0 Å². The Morgan fingerprint density at radius 1 is 1.29 bits per heavy atom. The number of phenols is 1. The van der Waals surface area contributed by atoms with Gasteiger partial charge in [-0.1, -0.05) is 6.92 Å². The Labute approximate surface area is 101 Å². The molecule has 2 atom stereocenters. The van der Waals surface area contributed by atoms with E-state index in [1.54, 1.807) is 6.07 Å². The molecule has 96 valence electrons. The summed E-state index contributed by atoms with van der Waals surface area (Å²) in [4.78, 5) is 0. The first-order chi connectivity index (χ1) is 8.04. The molecule has 0 fully saturated rings. The second-order valence-electron chi connectivity index (χ2n) is 3.76. The van der Waals surface area contributed by atoms with Crippen molar-refractivity contribution >= 4 is 0 Å². The molecule has 17 heavy (non-hydrogen) atoms. The average molecular weight is 241 g/mol. The van der Waals surface area contributed by atoms with Gasteiger partial charge in [0.2, 0.25) is 0 Å². The Bertz CT molecular complexity index is 381. The topological polar surface area (TPSA) is 84.9 Å². The molecule has 1 aromatic carbocycles. The van der Waals surface area contributed by atoms with Crippen LogP contribution >= 0.6 is 0 Å². The SMILES string of the molecule is CC[C@@H](O)[C@@H](N)c1c(O)cc(OC)cc1OC. The molecule has 1 rings (SSSR count). The lowest BCUT2D eigenvalue weighted by Gasteiger charge is -2.21. The number of rotatable bonds is 5. The minimum atomic E-state index is -0.733. The van der Waals surface area contributed by atoms with Crippen molar-refractivity contribution in [1.29, 1.82) is 0 Å². The molecule has 0 aliphatic rings. The molecule has 4 N–H and O–H groups in total. The molecular weight excluding hydrogens is 222 g/mol. The van der Waals surface area contributed by atoms with Gasteiger partial charge < -0.3 is 25.4 Å². The van der Waals surface area contributed by atoms with Crippen LogP contribution in [0.1, 0.15) is 24.9 Å². The maximum absolute atomic E-state index is 9.90. The predicted octanol–water partition coefficient (Wildman–Crippen LogP) is 1.18. The summed E-state index contributed by atoms with van der Waals surface area (Å²) in [5.41, 5.74) is 6.28. The minimum Gasteiger partial charge on any atom is -0.507 e. The Balaban J connectivity index is 3.22. The fourth-order valence-electron chi connectivity index (χ4n) is 1.66. The van der Waals surface area contributed by atoms with E-state index in [1.165, 1.54) is 20.3 Å². The van der Waals surface area contributed by atoms with E-state index in [0.29, 0.717) is 23.5 Å². The van der Waals surface area contributed by atoms with Crippen LogP contribution in [0.4, 0.5) is 0 Å². The van der Waals surface area contributed by atoms with E-state index in [4.69, 9.17) is 15.2 Å². The summed E-state index contributed by atoms with van der Waals surface area (Å²) in [6, 6.07) is 2.37.